The van der Waals surface area contributed by atoms with Crippen LogP contribution in [0.5, 0.6) is 0 Å². The number of hydrogen-bond acceptors (Lipinski definition) is 2. The lowest BCUT2D eigenvalue weighted by Crippen LogP contribution is -1.93. The first-order valence-electron chi connectivity index (χ1n) is 6.13. The van der Waals surface area contributed by atoms with Crippen molar-refractivity contribution in [3.8, 4) is 0 Å². The predicted octanol–water partition coefficient (Wildman–Crippen LogP) is 3.67. The predicted molar refractivity (Wildman–Crippen MR) is 73.4 cm³/mol. The molecular weight excluding hydrogens is 228 g/mol. The molecule has 0 aromatic heterocycles. The van der Waals surface area contributed by atoms with Gasteiger partial charge in [0.1, 0.15) is 6.29 Å². The molecule has 0 aromatic rings. The fourth-order valence-corrected chi connectivity index (χ4v) is 1.50. The molecule has 0 spiro atoms. The van der Waals surface area contributed by atoms with Gasteiger partial charge in [-0.3, -0.25) is 4.79 Å². The molecule has 0 saturated heterocycles. The molecule has 0 amide bonds. The quantitative estimate of drug-likeness (QED) is 0.406. The summed E-state index contributed by atoms with van der Waals surface area (Å²) in [7, 11) is 0. The monoisotopic (exact) mass is 250 g/mol. The lowest BCUT2D eigenvalue weighted by atomic mass is 10.1. The fourth-order valence-electron chi connectivity index (χ4n) is 1.50. The molecule has 0 saturated carbocycles. The number of carbonyl (C=O) groups excluding carboxylic acids is 1. The highest BCUT2D eigenvalue weighted by molar-refractivity contribution is 5.88. The maximum atomic E-state index is 10.6. The minimum absolute atomic E-state index is 0.329. The topological polar surface area (TPSA) is 54.4 Å². The van der Waals surface area contributed by atoms with E-state index in [0.29, 0.717) is 24.7 Å². The van der Waals surface area contributed by atoms with Gasteiger partial charge >= 0.3 is 5.97 Å². The molecule has 0 bridgehead atoms. The third-order valence-electron chi connectivity index (χ3n) is 2.48. The summed E-state index contributed by atoms with van der Waals surface area (Å²) in [6.07, 6.45) is 9.06. The van der Waals surface area contributed by atoms with Crippen molar-refractivity contribution in [1.82, 2.24) is 0 Å². The van der Waals surface area contributed by atoms with E-state index in [1.54, 1.807) is 0 Å². The Hall–Kier alpha value is -1.64. The molecule has 0 aliphatic heterocycles. The molecule has 18 heavy (non-hydrogen) atoms. The summed E-state index contributed by atoms with van der Waals surface area (Å²) < 4.78 is 0. The van der Waals surface area contributed by atoms with E-state index in [1.165, 1.54) is 11.1 Å². The van der Waals surface area contributed by atoms with Crippen LogP contribution in [0.25, 0.3) is 0 Å². The molecule has 3 heteroatoms. The Bertz CT molecular complexity index is 369. The van der Waals surface area contributed by atoms with Gasteiger partial charge in [-0.25, -0.2) is 4.79 Å². The van der Waals surface area contributed by atoms with E-state index in [9.17, 15) is 9.59 Å². The van der Waals surface area contributed by atoms with Crippen LogP contribution in [0.1, 0.15) is 46.5 Å². The molecule has 1 N–H and O–H groups in total. The summed E-state index contributed by atoms with van der Waals surface area (Å²) in [5.41, 5.74) is 2.92. The molecule has 0 heterocycles. The SMILES string of the molecule is CC(C)=CCC/C(C)=C/CC/C(C=O)=C\C(=O)O. The highest BCUT2D eigenvalue weighted by Gasteiger charge is 1.98. The van der Waals surface area contributed by atoms with Crippen molar-refractivity contribution in [3.63, 3.8) is 0 Å². The number of hydrogen-bond donors (Lipinski definition) is 1. The van der Waals surface area contributed by atoms with Crippen LogP contribution in [0.2, 0.25) is 0 Å². The van der Waals surface area contributed by atoms with E-state index in [2.05, 4.69) is 32.9 Å². The van der Waals surface area contributed by atoms with Gasteiger partial charge in [-0.1, -0.05) is 23.3 Å². The first-order valence-corrected chi connectivity index (χ1v) is 6.13. The van der Waals surface area contributed by atoms with Crippen molar-refractivity contribution in [2.75, 3.05) is 0 Å². The summed E-state index contributed by atoms with van der Waals surface area (Å²) in [6.45, 7) is 6.21. The van der Waals surface area contributed by atoms with Gasteiger partial charge in [0.15, 0.2) is 0 Å². The number of carboxylic acid groups (broad SMARTS) is 1. The van der Waals surface area contributed by atoms with Crippen LogP contribution in [0.4, 0.5) is 0 Å². The van der Waals surface area contributed by atoms with Crippen LogP contribution in [-0.2, 0) is 9.59 Å². The van der Waals surface area contributed by atoms with Crippen LogP contribution in [0, 0.1) is 0 Å². The second kappa shape index (κ2) is 9.40. The highest BCUT2D eigenvalue weighted by Crippen LogP contribution is 2.10. The first kappa shape index (κ1) is 16.4. The number of allylic oxidation sites excluding steroid dienone is 5. The zero-order chi connectivity index (χ0) is 14.0. The van der Waals surface area contributed by atoms with Crippen molar-refractivity contribution < 1.29 is 14.7 Å². The molecule has 0 atom stereocenters. The summed E-state index contributed by atoms with van der Waals surface area (Å²) in [4.78, 5) is 21.0. The van der Waals surface area contributed by atoms with Gasteiger partial charge < -0.3 is 5.11 Å². The average Bonchev–Trinajstić information content (AvgIpc) is 2.26. The number of rotatable bonds is 8. The standard InChI is InChI=1S/C15H22O3/c1-12(2)6-4-7-13(3)8-5-9-14(11-16)10-15(17)18/h6,8,10-11H,4-5,7,9H2,1-3H3,(H,17,18)/b13-8+,14-10+. The number of carboxylic acids is 1. The number of aldehydes is 1. The van der Waals surface area contributed by atoms with E-state index in [-0.39, 0.29) is 0 Å². The second-order valence-corrected chi connectivity index (χ2v) is 4.58. The van der Waals surface area contributed by atoms with Crippen molar-refractivity contribution >= 4 is 12.3 Å². The van der Waals surface area contributed by atoms with E-state index < -0.39 is 5.97 Å². The van der Waals surface area contributed by atoms with E-state index in [0.717, 1.165) is 18.9 Å². The molecule has 0 aliphatic rings. The van der Waals surface area contributed by atoms with Crippen molar-refractivity contribution in [2.45, 2.75) is 46.5 Å². The van der Waals surface area contributed by atoms with Gasteiger partial charge in [0.25, 0.3) is 0 Å². The smallest absolute Gasteiger partial charge is 0.328 e. The number of aliphatic carboxylic acids is 1. The van der Waals surface area contributed by atoms with Crippen molar-refractivity contribution in [1.29, 1.82) is 0 Å². The average molecular weight is 250 g/mol. The summed E-state index contributed by atoms with van der Waals surface area (Å²) >= 11 is 0. The second-order valence-electron chi connectivity index (χ2n) is 4.58. The molecular formula is C15H22O3. The molecule has 3 nitrogen and oxygen atoms in total. The van der Waals surface area contributed by atoms with Crippen molar-refractivity contribution in [2.24, 2.45) is 0 Å². The first-order chi connectivity index (χ1) is 8.45. The zero-order valence-electron chi connectivity index (χ0n) is 11.4. The van der Waals surface area contributed by atoms with Gasteiger partial charge in [0, 0.05) is 6.08 Å². The van der Waals surface area contributed by atoms with Crippen LogP contribution in [0.15, 0.2) is 34.9 Å². The van der Waals surface area contributed by atoms with Crippen LogP contribution >= 0.6 is 0 Å². The van der Waals surface area contributed by atoms with Gasteiger partial charge in [-0.15, -0.1) is 0 Å². The molecule has 0 unspecified atom stereocenters. The van der Waals surface area contributed by atoms with Gasteiger partial charge in [0.05, 0.1) is 0 Å². The molecule has 0 fully saturated rings. The molecule has 100 valence electrons. The summed E-state index contributed by atoms with van der Waals surface area (Å²) in [5.74, 6) is -1.07. The van der Waals surface area contributed by atoms with Crippen LogP contribution in [0.3, 0.4) is 0 Å². The maximum Gasteiger partial charge on any atom is 0.328 e. The zero-order valence-corrected chi connectivity index (χ0v) is 11.4. The van der Waals surface area contributed by atoms with Gasteiger partial charge in [-0.05, 0) is 52.0 Å². The lowest BCUT2D eigenvalue weighted by Gasteiger charge is -2.00. The third kappa shape index (κ3) is 9.58. The van der Waals surface area contributed by atoms with Gasteiger partial charge in [0.2, 0.25) is 0 Å². The van der Waals surface area contributed by atoms with Crippen LogP contribution < -0.4 is 0 Å². The lowest BCUT2D eigenvalue weighted by molar-refractivity contribution is -0.131. The Balaban J connectivity index is 4.10. The Morgan fingerprint density at radius 2 is 1.67 bits per heavy atom. The molecule has 0 rings (SSSR count). The minimum Gasteiger partial charge on any atom is -0.478 e. The van der Waals surface area contributed by atoms with E-state index in [4.69, 9.17) is 5.11 Å². The minimum atomic E-state index is -1.07. The Labute approximate surface area is 109 Å². The Morgan fingerprint density at radius 1 is 1.06 bits per heavy atom. The third-order valence-corrected chi connectivity index (χ3v) is 2.48. The highest BCUT2D eigenvalue weighted by atomic mass is 16.4. The Morgan fingerprint density at radius 3 is 2.17 bits per heavy atom. The largest absolute Gasteiger partial charge is 0.478 e. The van der Waals surface area contributed by atoms with Gasteiger partial charge in [-0.2, -0.15) is 0 Å². The molecule has 0 radical (unpaired) electrons. The maximum absolute atomic E-state index is 10.6. The molecule has 0 aliphatic carbocycles. The van der Waals surface area contributed by atoms with E-state index >= 15 is 0 Å². The Kier molecular flexibility index (Phi) is 8.54. The summed E-state index contributed by atoms with van der Waals surface area (Å²) in [6, 6.07) is 0. The number of carbonyl (C=O) groups is 2. The summed E-state index contributed by atoms with van der Waals surface area (Å²) in [5, 5.41) is 8.53. The normalized spacial score (nSPS) is 12.2. The molecule has 0 aromatic carbocycles. The van der Waals surface area contributed by atoms with Crippen molar-refractivity contribution in [3.05, 3.63) is 34.9 Å². The van der Waals surface area contributed by atoms with Crippen LogP contribution in [-0.4, -0.2) is 17.4 Å². The fraction of sp³-hybridized carbons (Fsp3) is 0.467. The van der Waals surface area contributed by atoms with E-state index in [1.807, 2.05) is 0 Å².